The van der Waals surface area contributed by atoms with Crippen LogP contribution in [0.25, 0.3) is 0 Å². The van der Waals surface area contributed by atoms with Gasteiger partial charge in [0.05, 0.1) is 0 Å². The van der Waals surface area contributed by atoms with Gasteiger partial charge in [-0.15, -0.1) is 0 Å². The summed E-state index contributed by atoms with van der Waals surface area (Å²) in [6, 6.07) is 12.1. The van der Waals surface area contributed by atoms with Crippen LogP contribution in [-0.4, -0.2) is 25.2 Å². The van der Waals surface area contributed by atoms with Gasteiger partial charge in [-0.1, -0.05) is 30.3 Å². The minimum atomic E-state index is 0.623. The maximum absolute atomic E-state index is 3.75. The number of aryl methyl sites for hydroxylation is 1. The molecule has 0 saturated carbocycles. The largest absolute Gasteiger partial charge is 0.317 e. The van der Waals surface area contributed by atoms with Crippen molar-refractivity contribution in [2.24, 2.45) is 0 Å². The summed E-state index contributed by atoms with van der Waals surface area (Å²) in [4.78, 5) is 0. The van der Waals surface area contributed by atoms with E-state index >= 15 is 0 Å². The molecular weight excluding hydrogens is 208 g/mol. The average Bonchev–Trinajstić information content (AvgIpc) is 2.39. The van der Waals surface area contributed by atoms with Crippen molar-refractivity contribution >= 4 is 0 Å². The summed E-state index contributed by atoms with van der Waals surface area (Å²) in [5, 5.41) is 7.15. The summed E-state index contributed by atoms with van der Waals surface area (Å²) in [5.41, 5.74) is 1.45. The topological polar surface area (TPSA) is 24.1 Å². The molecule has 1 aromatic rings. The standard InChI is InChI=1S/C15H24N2/c1-13(17-15-9-11-16-12-10-15)7-8-14-5-3-2-4-6-14/h2-6,13,15-17H,7-12H2,1H3. The monoisotopic (exact) mass is 232 g/mol. The molecule has 0 radical (unpaired) electrons. The van der Waals surface area contributed by atoms with Gasteiger partial charge in [-0.05, 0) is 51.3 Å². The molecule has 0 aliphatic carbocycles. The van der Waals surface area contributed by atoms with E-state index in [0.717, 1.165) is 6.04 Å². The van der Waals surface area contributed by atoms with Crippen LogP contribution in [-0.2, 0) is 6.42 Å². The molecule has 0 aromatic heterocycles. The van der Waals surface area contributed by atoms with Gasteiger partial charge in [0.25, 0.3) is 0 Å². The predicted molar refractivity (Wildman–Crippen MR) is 73.3 cm³/mol. The molecule has 2 N–H and O–H groups in total. The van der Waals surface area contributed by atoms with E-state index in [4.69, 9.17) is 0 Å². The Morgan fingerprint density at radius 2 is 1.94 bits per heavy atom. The van der Waals surface area contributed by atoms with Gasteiger partial charge in [0, 0.05) is 12.1 Å². The molecular formula is C15H24N2. The van der Waals surface area contributed by atoms with Crippen molar-refractivity contribution in [3.8, 4) is 0 Å². The lowest BCUT2D eigenvalue weighted by Crippen LogP contribution is -2.43. The van der Waals surface area contributed by atoms with E-state index in [1.165, 1.54) is 44.3 Å². The molecule has 1 saturated heterocycles. The lowest BCUT2D eigenvalue weighted by atomic mass is 10.0. The molecule has 1 heterocycles. The van der Waals surface area contributed by atoms with Gasteiger partial charge in [-0.2, -0.15) is 0 Å². The number of hydrogen-bond donors (Lipinski definition) is 2. The number of rotatable bonds is 5. The van der Waals surface area contributed by atoms with Crippen LogP contribution in [0.4, 0.5) is 0 Å². The highest BCUT2D eigenvalue weighted by molar-refractivity contribution is 5.14. The molecule has 2 nitrogen and oxygen atoms in total. The molecule has 0 amide bonds. The Bertz CT molecular complexity index is 304. The van der Waals surface area contributed by atoms with Crippen LogP contribution in [0.1, 0.15) is 31.7 Å². The predicted octanol–water partition coefficient (Wildman–Crippen LogP) is 2.35. The SMILES string of the molecule is CC(CCc1ccccc1)NC1CCNCC1. The third-order valence-corrected chi connectivity index (χ3v) is 3.57. The van der Waals surface area contributed by atoms with Crippen LogP contribution >= 0.6 is 0 Å². The lowest BCUT2D eigenvalue weighted by molar-refractivity contribution is 0.348. The summed E-state index contributed by atoms with van der Waals surface area (Å²) in [7, 11) is 0. The smallest absolute Gasteiger partial charge is 0.00937 e. The Hall–Kier alpha value is -0.860. The fraction of sp³-hybridized carbons (Fsp3) is 0.600. The van der Waals surface area contributed by atoms with Crippen LogP contribution in [0.15, 0.2) is 30.3 Å². The van der Waals surface area contributed by atoms with Crippen molar-refractivity contribution in [1.29, 1.82) is 0 Å². The van der Waals surface area contributed by atoms with Gasteiger partial charge in [0.2, 0.25) is 0 Å². The maximum atomic E-state index is 3.75. The van der Waals surface area contributed by atoms with Crippen LogP contribution in [0.5, 0.6) is 0 Å². The van der Waals surface area contributed by atoms with Crippen LogP contribution in [0.3, 0.4) is 0 Å². The van der Waals surface area contributed by atoms with Crippen LogP contribution in [0, 0.1) is 0 Å². The van der Waals surface area contributed by atoms with E-state index in [2.05, 4.69) is 47.9 Å². The Morgan fingerprint density at radius 1 is 1.24 bits per heavy atom. The second-order valence-electron chi connectivity index (χ2n) is 5.12. The number of piperidine rings is 1. The third kappa shape index (κ3) is 4.49. The molecule has 17 heavy (non-hydrogen) atoms. The van der Waals surface area contributed by atoms with Crippen molar-refractivity contribution in [1.82, 2.24) is 10.6 Å². The molecule has 1 atom stereocenters. The van der Waals surface area contributed by atoms with Crippen molar-refractivity contribution < 1.29 is 0 Å². The fourth-order valence-corrected chi connectivity index (χ4v) is 2.50. The number of hydrogen-bond acceptors (Lipinski definition) is 2. The molecule has 2 rings (SSSR count). The second-order valence-corrected chi connectivity index (χ2v) is 5.12. The quantitative estimate of drug-likeness (QED) is 0.814. The number of benzene rings is 1. The number of nitrogens with one attached hydrogen (secondary N) is 2. The van der Waals surface area contributed by atoms with Gasteiger partial charge in [0.15, 0.2) is 0 Å². The average molecular weight is 232 g/mol. The molecule has 1 aliphatic rings. The molecule has 1 fully saturated rings. The van der Waals surface area contributed by atoms with Crippen molar-refractivity contribution in [2.45, 2.75) is 44.7 Å². The molecule has 94 valence electrons. The van der Waals surface area contributed by atoms with Gasteiger partial charge in [-0.25, -0.2) is 0 Å². The molecule has 1 aliphatic heterocycles. The Balaban J connectivity index is 1.68. The van der Waals surface area contributed by atoms with Crippen molar-refractivity contribution in [2.75, 3.05) is 13.1 Å². The molecule has 2 heteroatoms. The third-order valence-electron chi connectivity index (χ3n) is 3.57. The first-order chi connectivity index (χ1) is 8.34. The Kier molecular flexibility index (Phi) is 5.02. The Labute approximate surface area is 105 Å². The molecule has 0 bridgehead atoms. The normalized spacial score (nSPS) is 19.1. The molecule has 1 unspecified atom stereocenters. The summed E-state index contributed by atoms with van der Waals surface area (Å²) >= 11 is 0. The van der Waals surface area contributed by atoms with E-state index in [9.17, 15) is 0 Å². The van der Waals surface area contributed by atoms with E-state index < -0.39 is 0 Å². The van der Waals surface area contributed by atoms with E-state index in [-0.39, 0.29) is 0 Å². The maximum Gasteiger partial charge on any atom is 0.00937 e. The summed E-state index contributed by atoms with van der Waals surface area (Å²) in [5.74, 6) is 0. The highest BCUT2D eigenvalue weighted by Gasteiger charge is 2.14. The van der Waals surface area contributed by atoms with E-state index in [1.54, 1.807) is 0 Å². The highest BCUT2D eigenvalue weighted by Crippen LogP contribution is 2.08. The van der Waals surface area contributed by atoms with Crippen molar-refractivity contribution in [3.05, 3.63) is 35.9 Å². The van der Waals surface area contributed by atoms with Crippen LogP contribution in [0.2, 0.25) is 0 Å². The van der Waals surface area contributed by atoms with E-state index in [0.29, 0.717) is 6.04 Å². The lowest BCUT2D eigenvalue weighted by Gasteiger charge is -2.27. The van der Waals surface area contributed by atoms with Crippen molar-refractivity contribution in [3.63, 3.8) is 0 Å². The minimum absolute atomic E-state index is 0.623. The first-order valence-corrected chi connectivity index (χ1v) is 6.85. The first-order valence-electron chi connectivity index (χ1n) is 6.85. The summed E-state index contributed by atoms with van der Waals surface area (Å²) in [6.07, 6.45) is 4.96. The highest BCUT2D eigenvalue weighted by atomic mass is 15.0. The first kappa shape index (κ1) is 12.6. The zero-order chi connectivity index (χ0) is 11.9. The van der Waals surface area contributed by atoms with E-state index in [1.807, 2.05) is 0 Å². The second kappa shape index (κ2) is 6.77. The minimum Gasteiger partial charge on any atom is -0.317 e. The van der Waals surface area contributed by atoms with Gasteiger partial charge >= 0.3 is 0 Å². The zero-order valence-electron chi connectivity index (χ0n) is 10.8. The summed E-state index contributed by atoms with van der Waals surface area (Å²) in [6.45, 7) is 4.65. The fourth-order valence-electron chi connectivity index (χ4n) is 2.50. The van der Waals surface area contributed by atoms with Gasteiger partial charge < -0.3 is 10.6 Å². The van der Waals surface area contributed by atoms with Crippen LogP contribution < -0.4 is 10.6 Å². The zero-order valence-corrected chi connectivity index (χ0v) is 10.8. The molecule has 0 spiro atoms. The Morgan fingerprint density at radius 3 is 2.65 bits per heavy atom. The van der Waals surface area contributed by atoms with Gasteiger partial charge in [-0.3, -0.25) is 0 Å². The summed E-state index contributed by atoms with van der Waals surface area (Å²) < 4.78 is 0. The molecule has 1 aromatic carbocycles. The van der Waals surface area contributed by atoms with Gasteiger partial charge in [0.1, 0.15) is 0 Å².